The number of likely N-dealkylation sites (N-methyl/N-ethyl adjacent to an activating group) is 1. The SMILES string of the molecule is COC(=O)CNC(=O)CNC(=O)Cn1nc(C(F)(F)F)c2c(-c3cc4c(cnn4C(=O)CCC(=O)NCCOCCOCCOCCOCCOCCOCCOCCOCCC(=O)N4CCC(c5ccc(Nc6nc(N7CCC[C@@H](N8CCN(C)C8=O)C7)cnc6C(N)=O)cc5)CC4)cc3F)cccc21. The summed E-state index contributed by atoms with van der Waals surface area (Å²) in [6, 6.07) is 14.1. The van der Waals surface area contributed by atoms with Gasteiger partial charge in [-0.25, -0.2) is 23.8 Å². The van der Waals surface area contributed by atoms with Gasteiger partial charge in [-0.2, -0.15) is 23.4 Å². The summed E-state index contributed by atoms with van der Waals surface area (Å²) in [5, 5.41) is 17.7. The van der Waals surface area contributed by atoms with Crippen LogP contribution in [-0.4, -0.2) is 276 Å². The maximum absolute atomic E-state index is 15.8. The monoisotopic (exact) mass is 1490 g/mol. The molecule has 6 aromatic rings. The number of benzene rings is 3. The van der Waals surface area contributed by atoms with Gasteiger partial charge in [0.15, 0.2) is 17.2 Å². The quantitative estimate of drug-likeness (QED) is 0.0205. The highest BCUT2D eigenvalue weighted by atomic mass is 19.4. The fourth-order valence-electron chi connectivity index (χ4n) is 12.2. The van der Waals surface area contributed by atoms with Crippen molar-refractivity contribution < 1.29 is 98.5 Å². The summed E-state index contributed by atoms with van der Waals surface area (Å²) in [5.41, 5.74) is 5.50. The number of ether oxygens (including phenoxy) is 9. The molecule has 3 aliphatic rings. The zero-order chi connectivity index (χ0) is 75.4. The number of nitrogens with two attached hydrogens (primary N) is 1. The molecule has 3 aromatic heterocycles. The van der Waals surface area contributed by atoms with Crippen LogP contribution in [0.3, 0.4) is 0 Å². The van der Waals surface area contributed by atoms with Crippen LogP contribution in [0.25, 0.3) is 32.9 Å². The topological polar surface area (TPSA) is 368 Å². The number of nitrogens with one attached hydrogen (secondary N) is 4. The third kappa shape index (κ3) is 23.7. The summed E-state index contributed by atoms with van der Waals surface area (Å²) in [7, 11) is 2.93. The second-order valence-corrected chi connectivity index (χ2v) is 25.0. The third-order valence-corrected chi connectivity index (χ3v) is 17.7. The van der Waals surface area contributed by atoms with Gasteiger partial charge in [0.05, 0.1) is 155 Å². The van der Waals surface area contributed by atoms with E-state index in [-0.39, 0.29) is 102 Å². The van der Waals surface area contributed by atoms with Crippen LogP contribution in [0, 0.1) is 5.82 Å². The Balaban J connectivity index is 0.529. The summed E-state index contributed by atoms with van der Waals surface area (Å²) >= 11 is 0. The van der Waals surface area contributed by atoms with Crippen molar-refractivity contribution in [2.24, 2.45) is 5.73 Å². The van der Waals surface area contributed by atoms with E-state index in [4.69, 9.17) is 48.6 Å². The van der Waals surface area contributed by atoms with Gasteiger partial charge >= 0.3 is 18.2 Å². The van der Waals surface area contributed by atoms with Gasteiger partial charge in [0.2, 0.25) is 29.5 Å². The number of alkyl halides is 3. The molecule has 36 heteroatoms. The molecule has 0 unspecified atom stereocenters. The highest BCUT2D eigenvalue weighted by Gasteiger charge is 2.39. The lowest BCUT2D eigenvalue weighted by atomic mass is 9.89. The van der Waals surface area contributed by atoms with E-state index in [0.29, 0.717) is 131 Å². The van der Waals surface area contributed by atoms with Crippen molar-refractivity contribution in [2.45, 2.75) is 69.6 Å². The number of nitrogens with zero attached hydrogens (tertiary/aromatic N) is 10. The van der Waals surface area contributed by atoms with Gasteiger partial charge < -0.3 is 89.2 Å². The number of amides is 7. The van der Waals surface area contributed by atoms with E-state index in [0.717, 1.165) is 66.0 Å². The molecular weight excluding hydrogens is 1400 g/mol. The molecular formula is C70H91F4N15O17. The van der Waals surface area contributed by atoms with Crippen molar-refractivity contribution in [2.75, 3.05) is 189 Å². The molecule has 6 N–H and O–H groups in total. The minimum absolute atomic E-state index is 0.0382. The Morgan fingerprint density at radius 1 is 0.642 bits per heavy atom. The van der Waals surface area contributed by atoms with E-state index >= 15 is 4.39 Å². The average Bonchev–Trinajstić information content (AvgIpc) is 1.57. The Kier molecular flexibility index (Phi) is 31.0. The molecule has 3 aliphatic heterocycles. The maximum Gasteiger partial charge on any atom is 0.435 e. The number of aromatic nitrogens is 6. The Morgan fingerprint density at radius 3 is 1.87 bits per heavy atom. The lowest BCUT2D eigenvalue weighted by Gasteiger charge is -2.37. The number of anilines is 3. The summed E-state index contributed by atoms with van der Waals surface area (Å²) in [6.45, 7) is 7.85. The first-order chi connectivity index (χ1) is 51.3. The third-order valence-electron chi connectivity index (χ3n) is 17.7. The molecule has 0 radical (unpaired) electrons. The number of primary amides is 1. The fourth-order valence-corrected chi connectivity index (χ4v) is 12.2. The van der Waals surface area contributed by atoms with Crippen molar-refractivity contribution in [1.82, 2.24) is 60.2 Å². The van der Waals surface area contributed by atoms with Crippen LogP contribution in [0.5, 0.6) is 0 Å². The lowest BCUT2D eigenvalue weighted by Crippen LogP contribution is -2.49. The second kappa shape index (κ2) is 40.8. The van der Waals surface area contributed by atoms with E-state index in [1.165, 1.54) is 30.5 Å². The number of rotatable bonds is 43. The van der Waals surface area contributed by atoms with Gasteiger partial charge in [0.1, 0.15) is 24.7 Å². The molecule has 1 atom stereocenters. The molecule has 3 aromatic carbocycles. The summed E-state index contributed by atoms with van der Waals surface area (Å²) in [5.74, 6) is -3.92. The van der Waals surface area contributed by atoms with Crippen LogP contribution in [0.2, 0.25) is 0 Å². The van der Waals surface area contributed by atoms with Crippen molar-refractivity contribution >= 4 is 86.6 Å². The zero-order valence-corrected chi connectivity index (χ0v) is 59.3. The van der Waals surface area contributed by atoms with E-state index in [1.54, 1.807) is 11.1 Å². The van der Waals surface area contributed by atoms with Gasteiger partial charge in [0, 0.05) is 87.7 Å². The smallest absolute Gasteiger partial charge is 0.435 e. The predicted octanol–water partition coefficient (Wildman–Crippen LogP) is 4.05. The molecule has 106 heavy (non-hydrogen) atoms. The number of fused-ring (bicyclic) bond motifs is 2. The number of halogens is 4. The summed E-state index contributed by atoms with van der Waals surface area (Å²) in [6.07, 6.45) is 0.906. The summed E-state index contributed by atoms with van der Waals surface area (Å²) in [4.78, 5) is 117. The van der Waals surface area contributed by atoms with Crippen LogP contribution in [0.1, 0.15) is 77.4 Å². The van der Waals surface area contributed by atoms with Gasteiger partial charge in [-0.05, 0) is 73.1 Å². The standard InChI is InChI=1S/C70H91F4N15O17/c1-84-21-22-87(69(84)97)51-5-4-18-86(45-51)57-42-79-65(67(75)96)68(82-57)81-50-10-8-47(9-11-50)48-14-19-85(20-15-48)61(93)16-23-99-25-27-101-29-31-103-33-35-105-37-38-106-36-34-104-32-30-102-28-26-100-24-17-76-58(90)12-13-62(94)89-56-40-53(54(71)39-49(56)41-80-89)52-6-3-7-55-64(52)66(70(72,73)74)83-88(55)46-60(92)77-43-59(91)78-44-63(95)98-2/h3,6-11,39-42,48,51H,4-5,12-38,43-46H2,1-2H3,(H2,75,96)(H,76,90)(H,77,92)(H,78,91)(H,81,82)/t51-/m1/s1. The highest BCUT2D eigenvalue weighted by molar-refractivity contribution is 6.01. The second-order valence-electron chi connectivity index (χ2n) is 25.0. The van der Waals surface area contributed by atoms with Crippen molar-refractivity contribution in [3.63, 3.8) is 0 Å². The number of hydrogen-bond donors (Lipinski definition) is 5. The first-order valence-corrected chi connectivity index (χ1v) is 35.1. The minimum atomic E-state index is -5.06. The number of likely N-dealkylation sites (tertiary alicyclic amines) is 1. The summed E-state index contributed by atoms with van der Waals surface area (Å²) < 4.78 is 110. The van der Waals surface area contributed by atoms with Crippen molar-refractivity contribution in [3.8, 4) is 11.1 Å². The minimum Gasteiger partial charge on any atom is -0.468 e. The first kappa shape index (κ1) is 80.5. The number of carbonyl (C=O) groups excluding carboxylic acids is 8. The molecule has 6 heterocycles. The van der Waals surface area contributed by atoms with Crippen molar-refractivity contribution in [1.29, 1.82) is 0 Å². The Labute approximate surface area is 608 Å². The van der Waals surface area contributed by atoms with Crippen LogP contribution < -0.4 is 31.9 Å². The fraction of sp³-hybridized carbons (Fsp3) is 0.543. The highest BCUT2D eigenvalue weighted by Crippen LogP contribution is 2.41. The predicted molar refractivity (Wildman–Crippen MR) is 374 cm³/mol. The van der Waals surface area contributed by atoms with Crippen LogP contribution in [-0.2, 0) is 79.3 Å². The molecule has 0 spiro atoms. The number of urea groups is 1. The molecule has 32 nitrogen and oxygen atoms in total. The number of piperidine rings is 2. The molecule has 0 bridgehead atoms. The molecule has 0 saturated carbocycles. The number of hydrogen-bond acceptors (Lipinski definition) is 23. The Bertz CT molecular complexity index is 3930. The lowest BCUT2D eigenvalue weighted by molar-refractivity contribution is -0.141. The molecule has 3 fully saturated rings. The first-order valence-electron chi connectivity index (χ1n) is 35.1. The van der Waals surface area contributed by atoms with E-state index in [1.807, 2.05) is 29.0 Å². The van der Waals surface area contributed by atoms with Crippen LogP contribution >= 0.6 is 0 Å². The van der Waals surface area contributed by atoms with Crippen LogP contribution in [0.4, 0.5) is 39.7 Å². The molecule has 7 amide bonds. The normalized spacial score (nSPS) is 15.0. The van der Waals surface area contributed by atoms with Crippen LogP contribution in [0.15, 0.2) is 67.0 Å². The van der Waals surface area contributed by atoms with Gasteiger partial charge in [0.25, 0.3) is 5.91 Å². The Morgan fingerprint density at radius 2 is 1.26 bits per heavy atom. The van der Waals surface area contributed by atoms with E-state index in [9.17, 15) is 51.5 Å². The largest absolute Gasteiger partial charge is 0.468 e. The molecule has 0 aliphatic carbocycles. The van der Waals surface area contributed by atoms with E-state index in [2.05, 4.69) is 58.2 Å². The Hall–Kier alpha value is -9.56. The van der Waals surface area contributed by atoms with Gasteiger partial charge in [-0.15, -0.1) is 0 Å². The number of esters is 1. The van der Waals surface area contributed by atoms with Gasteiger partial charge in [-0.3, -0.25) is 38.2 Å². The van der Waals surface area contributed by atoms with E-state index < -0.39 is 78.2 Å². The zero-order valence-electron chi connectivity index (χ0n) is 59.3. The molecule has 576 valence electrons. The number of carbonyl (C=O) groups is 8. The maximum atomic E-state index is 15.8. The van der Waals surface area contributed by atoms with Gasteiger partial charge in [-0.1, -0.05) is 24.3 Å². The average molecular weight is 1490 g/mol. The van der Waals surface area contributed by atoms with Crippen molar-refractivity contribution in [3.05, 3.63) is 89.8 Å². The molecule has 3 saturated heterocycles. The number of methoxy groups -OCH3 is 1. The molecule has 9 rings (SSSR count).